The fourth-order valence-electron chi connectivity index (χ4n) is 6.65. The molecule has 6 rings (SSSR count). The Morgan fingerprint density at radius 1 is 0.889 bits per heavy atom. The zero-order valence-electron chi connectivity index (χ0n) is 24.2. The van der Waals surface area contributed by atoms with Crippen LogP contribution in [0.4, 0.5) is 0 Å². The highest BCUT2D eigenvalue weighted by Gasteiger charge is 2.77. The highest BCUT2D eigenvalue weighted by molar-refractivity contribution is 5.87. The van der Waals surface area contributed by atoms with E-state index >= 15 is 0 Å². The number of aliphatic hydroxyl groups excluding tert-OH is 7. The van der Waals surface area contributed by atoms with E-state index < -0.39 is 117 Å². The van der Waals surface area contributed by atoms with Crippen LogP contribution in [0.25, 0.3) is 6.08 Å². The predicted octanol–water partition coefficient (Wildman–Crippen LogP) is -2.47. The van der Waals surface area contributed by atoms with Crippen LogP contribution in [0, 0.1) is 11.8 Å². The lowest BCUT2D eigenvalue weighted by molar-refractivity contribution is -0.347. The maximum Gasteiger partial charge on any atom is 0.331 e. The highest BCUT2D eigenvalue weighted by atomic mass is 16.8. The van der Waals surface area contributed by atoms with E-state index in [4.69, 9.17) is 33.2 Å². The molecule has 1 aromatic rings. The molecular formula is C30H38O15. The van der Waals surface area contributed by atoms with Crippen molar-refractivity contribution >= 4 is 12.0 Å². The van der Waals surface area contributed by atoms with Crippen molar-refractivity contribution in [2.75, 3.05) is 13.2 Å². The third kappa shape index (κ3) is 5.93. The van der Waals surface area contributed by atoms with E-state index in [1.165, 1.54) is 12.3 Å². The standard InChI is InChI=1S/C30H38O15/c1-13-24(42-17(33)8-7-14-5-3-2-4-6-14)21(36)23(38)28(40-13)43-25-15-9-10-39-27(18(15)30(12-32)26(25)45-30)44-29-22(37)20(35)19(34)16(11-31)41-29/h2-10,13,15-16,18-29,31-32,34-38H,11-12H2,1H3. The molecule has 7 N–H and O–H groups in total. The lowest BCUT2D eigenvalue weighted by Crippen LogP contribution is -2.60. The first-order valence-electron chi connectivity index (χ1n) is 14.8. The number of rotatable bonds is 9. The number of epoxide rings is 1. The summed E-state index contributed by atoms with van der Waals surface area (Å²) in [5.41, 5.74) is -0.429. The van der Waals surface area contributed by atoms with E-state index in [2.05, 4.69) is 0 Å². The minimum atomic E-state index is -1.69. The van der Waals surface area contributed by atoms with Crippen molar-refractivity contribution in [3.8, 4) is 0 Å². The van der Waals surface area contributed by atoms with Crippen molar-refractivity contribution in [2.45, 2.75) is 92.4 Å². The van der Waals surface area contributed by atoms with Gasteiger partial charge in [-0.15, -0.1) is 0 Å². The molecule has 0 spiro atoms. The zero-order valence-corrected chi connectivity index (χ0v) is 24.2. The molecule has 1 saturated carbocycles. The Morgan fingerprint density at radius 3 is 2.31 bits per heavy atom. The van der Waals surface area contributed by atoms with Crippen LogP contribution in [0.2, 0.25) is 0 Å². The molecule has 248 valence electrons. The molecule has 1 aromatic carbocycles. The molecule has 0 bridgehead atoms. The van der Waals surface area contributed by atoms with Crippen LogP contribution in [0.3, 0.4) is 0 Å². The number of esters is 1. The van der Waals surface area contributed by atoms with Crippen molar-refractivity contribution in [3.63, 3.8) is 0 Å². The number of benzene rings is 1. The van der Waals surface area contributed by atoms with E-state index in [-0.39, 0.29) is 0 Å². The molecule has 0 radical (unpaired) electrons. The molecule has 16 atom stereocenters. The van der Waals surface area contributed by atoms with E-state index in [9.17, 15) is 40.5 Å². The van der Waals surface area contributed by atoms with Gasteiger partial charge in [0.05, 0.1) is 37.6 Å². The molecule has 1 aliphatic carbocycles. The topological polar surface area (TPSA) is 227 Å². The molecule has 4 aliphatic heterocycles. The lowest BCUT2D eigenvalue weighted by atomic mass is 9.85. The molecule has 16 unspecified atom stereocenters. The second kappa shape index (κ2) is 12.9. The second-order valence-electron chi connectivity index (χ2n) is 11.9. The van der Waals surface area contributed by atoms with Crippen molar-refractivity contribution < 1.29 is 73.7 Å². The van der Waals surface area contributed by atoms with E-state index in [1.54, 1.807) is 31.2 Å². The number of ether oxygens (including phenoxy) is 7. The van der Waals surface area contributed by atoms with Gasteiger partial charge in [0.2, 0.25) is 6.29 Å². The van der Waals surface area contributed by atoms with Gasteiger partial charge in [-0.3, -0.25) is 0 Å². The van der Waals surface area contributed by atoms with Crippen LogP contribution in [0.15, 0.2) is 48.7 Å². The summed E-state index contributed by atoms with van der Waals surface area (Å²) in [5, 5.41) is 72.5. The summed E-state index contributed by atoms with van der Waals surface area (Å²) in [5.74, 6) is -2.01. The molecule has 4 heterocycles. The van der Waals surface area contributed by atoms with Gasteiger partial charge in [0.25, 0.3) is 0 Å². The minimum absolute atomic E-state index is 0.466. The Labute approximate surface area is 257 Å². The summed E-state index contributed by atoms with van der Waals surface area (Å²) in [6.45, 7) is 0.445. The van der Waals surface area contributed by atoms with E-state index in [0.29, 0.717) is 0 Å². The Kier molecular flexibility index (Phi) is 9.33. The van der Waals surface area contributed by atoms with Crippen molar-refractivity contribution in [2.24, 2.45) is 11.8 Å². The van der Waals surface area contributed by atoms with Crippen molar-refractivity contribution in [1.82, 2.24) is 0 Å². The van der Waals surface area contributed by atoms with Crippen LogP contribution in [-0.4, -0.2) is 140 Å². The summed E-state index contributed by atoms with van der Waals surface area (Å²) >= 11 is 0. The SMILES string of the molecule is CC1OC(OC2C3C=COC(OC4OC(CO)C(O)C(O)C4O)C3C3(CO)OC23)C(O)C(O)C1OC(=O)C=Cc1ccccc1. The third-order valence-electron chi connectivity index (χ3n) is 9.13. The Hall–Kier alpha value is -2.51. The van der Waals surface area contributed by atoms with Crippen LogP contribution in [-0.2, 0) is 38.0 Å². The van der Waals surface area contributed by atoms with Gasteiger partial charge in [-0.2, -0.15) is 0 Å². The average Bonchev–Trinajstić information content (AvgIpc) is 3.72. The van der Waals surface area contributed by atoms with E-state index in [0.717, 1.165) is 5.56 Å². The van der Waals surface area contributed by atoms with Gasteiger partial charge in [0.1, 0.15) is 48.3 Å². The maximum absolute atomic E-state index is 12.5. The maximum atomic E-state index is 12.5. The first-order chi connectivity index (χ1) is 21.6. The number of aliphatic hydroxyl groups is 7. The second-order valence-corrected chi connectivity index (χ2v) is 11.9. The fraction of sp³-hybridized carbons (Fsp3) is 0.633. The highest BCUT2D eigenvalue weighted by Crippen LogP contribution is 2.61. The molecule has 0 amide bonds. The summed E-state index contributed by atoms with van der Waals surface area (Å²) in [6, 6.07) is 9.07. The van der Waals surface area contributed by atoms with Gasteiger partial charge >= 0.3 is 5.97 Å². The summed E-state index contributed by atoms with van der Waals surface area (Å²) < 4.78 is 40.3. The number of fused-ring (bicyclic) bond motifs is 3. The first-order valence-corrected chi connectivity index (χ1v) is 14.8. The third-order valence-corrected chi connectivity index (χ3v) is 9.13. The normalized spacial score (nSPS) is 47.2. The van der Waals surface area contributed by atoms with Crippen molar-refractivity contribution in [1.29, 1.82) is 0 Å². The van der Waals surface area contributed by atoms with Gasteiger partial charge in [0, 0.05) is 12.0 Å². The smallest absolute Gasteiger partial charge is 0.331 e. The Morgan fingerprint density at radius 2 is 1.60 bits per heavy atom. The summed E-state index contributed by atoms with van der Waals surface area (Å²) in [4.78, 5) is 12.5. The van der Waals surface area contributed by atoms with Crippen LogP contribution < -0.4 is 0 Å². The molecule has 0 aromatic heterocycles. The molecule has 4 fully saturated rings. The van der Waals surface area contributed by atoms with Crippen LogP contribution in [0.5, 0.6) is 0 Å². The van der Waals surface area contributed by atoms with Gasteiger partial charge in [-0.25, -0.2) is 4.79 Å². The fourth-order valence-corrected chi connectivity index (χ4v) is 6.65. The largest absolute Gasteiger partial charge is 0.472 e. The monoisotopic (exact) mass is 638 g/mol. The minimum Gasteiger partial charge on any atom is -0.472 e. The van der Waals surface area contributed by atoms with Gasteiger partial charge in [-0.05, 0) is 24.6 Å². The van der Waals surface area contributed by atoms with Gasteiger partial charge < -0.3 is 68.9 Å². The quantitative estimate of drug-likeness (QED) is 0.0845. The first kappa shape index (κ1) is 32.4. The lowest BCUT2D eigenvalue weighted by Gasteiger charge is -2.44. The van der Waals surface area contributed by atoms with Gasteiger partial charge in [0.15, 0.2) is 18.7 Å². The Bertz CT molecular complexity index is 1240. The van der Waals surface area contributed by atoms with Crippen molar-refractivity contribution in [3.05, 3.63) is 54.3 Å². The number of carbonyl (C=O) groups excluding carboxylic acids is 1. The van der Waals surface area contributed by atoms with E-state index in [1.807, 2.05) is 18.2 Å². The number of carbonyl (C=O) groups is 1. The van der Waals surface area contributed by atoms with Crippen LogP contribution >= 0.6 is 0 Å². The predicted molar refractivity (Wildman–Crippen MR) is 147 cm³/mol. The number of hydrogen-bond donors (Lipinski definition) is 7. The molecule has 5 aliphatic rings. The zero-order chi connectivity index (χ0) is 32.0. The molecule has 45 heavy (non-hydrogen) atoms. The summed E-state index contributed by atoms with van der Waals surface area (Å²) in [7, 11) is 0. The van der Waals surface area contributed by atoms with Crippen LogP contribution in [0.1, 0.15) is 12.5 Å². The molecule has 15 nitrogen and oxygen atoms in total. The summed E-state index contributed by atoms with van der Waals surface area (Å²) in [6.07, 6.45) is -11.2. The Balaban J connectivity index is 1.12. The molecular weight excluding hydrogens is 600 g/mol. The van der Waals surface area contributed by atoms with Gasteiger partial charge in [-0.1, -0.05) is 30.3 Å². The molecule has 3 saturated heterocycles. The average molecular weight is 639 g/mol. The molecule has 15 heteroatoms. The number of hydrogen-bond acceptors (Lipinski definition) is 15.